The van der Waals surface area contributed by atoms with Crippen molar-refractivity contribution in [3.05, 3.63) is 68.9 Å². The number of rotatable bonds is 6. The van der Waals surface area contributed by atoms with Crippen LogP contribution in [0.3, 0.4) is 0 Å². The van der Waals surface area contributed by atoms with Gasteiger partial charge in [0.2, 0.25) is 0 Å². The first-order chi connectivity index (χ1) is 15.3. The normalized spacial score (nSPS) is 13.9. The zero-order chi connectivity index (χ0) is 22.9. The molecule has 3 aromatic rings. The zero-order valence-electron chi connectivity index (χ0n) is 17.8. The Balaban J connectivity index is 1.61. The number of hydrogen-bond acceptors (Lipinski definition) is 5. The molecule has 0 spiro atoms. The summed E-state index contributed by atoms with van der Waals surface area (Å²) in [6, 6.07) is 11.5. The topological polar surface area (TPSA) is 78.5 Å². The molecule has 2 aromatic carbocycles. The summed E-state index contributed by atoms with van der Waals surface area (Å²) in [6.07, 6.45) is 2.28. The van der Waals surface area contributed by atoms with E-state index in [2.05, 4.69) is 14.9 Å². The van der Waals surface area contributed by atoms with Crippen LogP contribution < -0.4 is 14.9 Å². The van der Waals surface area contributed by atoms with Gasteiger partial charge in [0, 0.05) is 18.8 Å². The fraction of sp³-hybridized carbons (Fsp3) is 0.261. The lowest BCUT2D eigenvalue weighted by Crippen LogP contribution is -2.22. The molecule has 6 nitrogen and oxygen atoms in total. The fourth-order valence-corrected chi connectivity index (χ4v) is 6.30. The maximum atomic E-state index is 13.1. The van der Waals surface area contributed by atoms with E-state index in [1.54, 1.807) is 29.6 Å². The second kappa shape index (κ2) is 9.13. The van der Waals surface area contributed by atoms with Crippen molar-refractivity contribution in [2.45, 2.75) is 31.6 Å². The summed E-state index contributed by atoms with van der Waals surface area (Å²) >= 11 is 7.67. The number of amides is 1. The predicted octanol–water partition coefficient (Wildman–Crippen LogP) is 5.67. The summed E-state index contributed by atoms with van der Waals surface area (Å²) in [6.45, 7) is 5.93. The van der Waals surface area contributed by atoms with E-state index in [1.807, 2.05) is 19.9 Å². The van der Waals surface area contributed by atoms with Gasteiger partial charge in [-0.05, 0) is 67.5 Å². The lowest BCUT2D eigenvalue weighted by Gasteiger charge is -2.25. The molecule has 0 bridgehead atoms. The summed E-state index contributed by atoms with van der Waals surface area (Å²) < 4.78 is 27.9. The molecule has 0 aliphatic carbocycles. The van der Waals surface area contributed by atoms with Gasteiger partial charge in [-0.2, -0.15) is 0 Å². The molecule has 0 atom stereocenters. The van der Waals surface area contributed by atoms with Crippen molar-refractivity contribution in [2.75, 3.05) is 28.0 Å². The second-order valence-corrected chi connectivity index (χ2v) is 10.8. The van der Waals surface area contributed by atoms with Crippen LogP contribution in [0, 0.1) is 13.8 Å². The van der Waals surface area contributed by atoms with E-state index >= 15 is 0 Å². The number of thiophene rings is 1. The maximum absolute atomic E-state index is 13.1. The standard InChI is InChI=1S/C23H24ClN3O3S2/c1-15-14-18(24)20(16(2)21(15)27-11-6-7-12-27)25-23(28)22-19(10-13-31-22)26-32(29,30)17-8-4-3-5-9-17/h3-5,8-10,13-14,26H,6-7,11-12H2,1-2H3,(H,25,28). The van der Waals surface area contributed by atoms with Crippen molar-refractivity contribution < 1.29 is 13.2 Å². The molecule has 1 saturated heterocycles. The number of nitrogens with one attached hydrogen (secondary N) is 2. The van der Waals surface area contributed by atoms with Gasteiger partial charge in [-0.1, -0.05) is 29.8 Å². The third kappa shape index (κ3) is 4.48. The minimum absolute atomic E-state index is 0.130. The molecular formula is C23H24ClN3O3S2. The zero-order valence-corrected chi connectivity index (χ0v) is 20.2. The first kappa shape index (κ1) is 22.6. The minimum Gasteiger partial charge on any atom is -0.371 e. The van der Waals surface area contributed by atoms with Crippen LogP contribution in [0.15, 0.2) is 52.7 Å². The van der Waals surface area contributed by atoms with E-state index in [-0.39, 0.29) is 15.5 Å². The molecule has 0 radical (unpaired) electrons. The Kier molecular flexibility index (Phi) is 6.46. The van der Waals surface area contributed by atoms with E-state index in [9.17, 15) is 13.2 Å². The van der Waals surface area contributed by atoms with Crippen molar-refractivity contribution in [1.82, 2.24) is 0 Å². The maximum Gasteiger partial charge on any atom is 0.267 e. The van der Waals surface area contributed by atoms with Gasteiger partial charge < -0.3 is 10.2 Å². The van der Waals surface area contributed by atoms with Gasteiger partial charge in [-0.25, -0.2) is 8.42 Å². The largest absolute Gasteiger partial charge is 0.371 e. The van der Waals surface area contributed by atoms with Gasteiger partial charge in [-0.15, -0.1) is 11.3 Å². The number of nitrogens with zero attached hydrogens (tertiary/aromatic N) is 1. The van der Waals surface area contributed by atoms with Gasteiger partial charge >= 0.3 is 0 Å². The van der Waals surface area contributed by atoms with E-state index in [4.69, 9.17) is 11.6 Å². The molecule has 0 unspecified atom stereocenters. The molecule has 168 valence electrons. The van der Waals surface area contributed by atoms with Crippen molar-refractivity contribution in [3.8, 4) is 0 Å². The Morgan fingerprint density at radius 2 is 1.78 bits per heavy atom. The Bertz CT molecular complexity index is 1250. The molecule has 4 rings (SSSR count). The average molecular weight is 490 g/mol. The first-order valence-electron chi connectivity index (χ1n) is 10.3. The number of anilines is 3. The van der Waals surface area contributed by atoms with Gasteiger partial charge in [0.15, 0.2) is 0 Å². The fourth-order valence-electron chi connectivity index (χ4n) is 4.04. The molecule has 1 aliphatic rings. The van der Waals surface area contributed by atoms with Crippen LogP contribution >= 0.6 is 22.9 Å². The van der Waals surface area contributed by atoms with Crippen molar-refractivity contribution >= 4 is 55.9 Å². The summed E-state index contributed by atoms with van der Waals surface area (Å²) in [7, 11) is -3.81. The van der Waals surface area contributed by atoms with Crippen LogP contribution in [-0.4, -0.2) is 27.4 Å². The lowest BCUT2D eigenvalue weighted by molar-refractivity contribution is 0.103. The lowest BCUT2D eigenvalue weighted by atomic mass is 10.1. The van der Waals surface area contributed by atoms with Crippen LogP contribution in [-0.2, 0) is 10.0 Å². The first-order valence-corrected chi connectivity index (χ1v) is 13.0. The third-order valence-corrected chi connectivity index (χ3v) is 8.11. The molecule has 9 heteroatoms. The van der Waals surface area contributed by atoms with E-state index in [1.165, 1.54) is 12.1 Å². The van der Waals surface area contributed by atoms with Crippen molar-refractivity contribution in [2.24, 2.45) is 0 Å². The molecule has 1 fully saturated rings. The highest BCUT2D eigenvalue weighted by atomic mass is 35.5. The molecule has 0 saturated carbocycles. The Hall–Kier alpha value is -2.55. The summed E-state index contributed by atoms with van der Waals surface area (Å²) in [4.78, 5) is 15.8. The van der Waals surface area contributed by atoms with E-state index in [0.717, 1.165) is 54.1 Å². The van der Waals surface area contributed by atoms with Crippen LogP contribution in [0.2, 0.25) is 5.02 Å². The Morgan fingerprint density at radius 3 is 2.47 bits per heavy atom. The van der Waals surface area contributed by atoms with E-state index in [0.29, 0.717) is 10.7 Å². The number of carbonyl (C=O) groups is 1. The van der Waals surface area contributed by atoms with Gasteiger partial charge in [0.05, 0.1) is 21.3 Å². The molecule has 32 heavy (non-hydrogen) atoms. The Morgan fingerprint density at radius 1 is 1.09 bits per heavy atom. The van der Waals surface area contributed by atoms with Crippen LogP contribution in [0.25, 0.3) is 0 Å². The highest BCUT2D eigenvalue weighted by Gasteiger charge is 2.24. The summed E-state index contributed by atoms with van der Waals surface area (Å²) in [5.41, 5.74) is 3.86. The molecule has 2 N–H and O–H groups in total. The summed E-state index contributed by atoms with van der Waals surface area (Å²) in [5.74, 6) is -0.410. The van der Waals surface area contributed by atoms with Crippen LogP contribution in [0.1, 0.15) is 33.6 Å². The quantitative estimate of drug-likeness (QED) is 0.467. The number of hydrogen-bond donors (Lipinski definition) is 2. The number of aryl methyl sites for hydroxylation is 1. The van der Waals surface area contributed by atoms with Gasteiger partial charge in [0.25, 0.3) is 15.9 Å². The molecule has 1 aliphatic heterocycles. The average Bonchev–Trinajstić information content (AvgIpc) is 3.44. The number of halogens is 1. The predicted molar refractivity (Wildman–Crippen MR) is 132 cm³/mol. The highest BCUT2D eigenvalue weighted by molar-refractivity contribution is 7.92. The molecular weight excluding hydrogens is 466 g/mol. The third-order valence-electron chi connectivity index (χ3n) is 5.52. The van der Waals surface area contributed by atoms with Gasteiger partial charge in [0.1, 0.15) is 4.88 Å². The second-order valence-electron chi connectivity index (χ2n) is 7.75. The monoisotopic (exact) mass is 489 g/mol. The SMILES string of the molecule is Cc1cc(Cl)c(NC(=O)c2sccc2NS(=O)(=O)c2ccccc2)c(C)c1N1CCCC1. The number of carbonyl (C=O) groups excluding carboxylic acids is 1. The van der Waals surface area contributed by atoms with Crippen molar-refractivity contribution in [1.29, 1.82) is 0 Å². The highest BCUT2D eigenvalue weighted by Crippen LogP contribution is 2.38. The number of sulfonamides is 1. The smallest absolute Gasteiger partial charge is 0.267 e. The Labute approximate surface area is 197 Å². The van der Waals surface area contributed by atoms with Gasteiger partial charge in [-0.3, -0.25) is 9.52 Å². The van der Waals surface area contributed by atoms with Crippen molar-refractivity contribution in [3.63, 3.8) is 0 Å². The summed E-state index contributed by atoms with van der Waals surface area (Å²) in [5, 5.41) is 5.05. The van der Waals surface area contributed by atoms with Crippen LogP contribution in [0.4, 0.5) is 17.1 Å². The molecule has 1 amide bonds. The molecule has 2 heterocycles. The minimum atomic E-state index is -3.81. The van der Waals surface area contributed by atoms with Crippen LogP contribution in [0.5, 0.6) is 0 Å². The van der Waals surface area contributed by atoms with E-state index < -0.39 is 15.9 Å². The number of benzene rings is 2. The molecule has 1 aromatic heterocycles.